The molecule has 1 rings (SSSR count). The van der Waals surface area contributed by atoms with E-state index >= 15 is 0 Å². The summed E-state index contributed by atoms with van der Waals surface area (Å²) in [4.78, 5) is 0. The van der Waals surface area contributed by atoms with Gasteiger partial charge in [0.05, 0.1) is 12.2 Å². The largest absolute Gasteiger partial charge is 0.390 e. The predicted octanol–water partition coefficient (Wildman–Crippen LogP) is 1.06. The zero-order valence-electron chi connectivity index (χ0n) is 6.29. The van der Waals surface area contributed by atoms with E-state index in [1.807, 2.05) is 0 Å². The summed E-state index contributed by atoms with van der Waals surface area (Å²) in [5.74, 6) is 0. The van der Waals surface area contributed by atoms with Crippen molar-refractivity contribution in [1.29, 1.82) is 0 Å². The van der Waals surface area contributed by atoms with Crippen molar-refractivity contribution in [3.63, 3.8) is 0 Å². The molecule has 2 heteroatoms. The van der Waals surface area contributed by atoms with Crippen molar-refractivity contribution in [1.82, 2.24) is 0 Å². The molecule has 0 bridgehead atoms. The number of aliphatic hydroxyl groups is 2. The molecule has 0 spiro atoms. The Hall–Kier alpha value is -0.0800. The van der Waals surface area contributed by atoms with Gasteiger partial charge in [0, 0.05) is 0 Å². The minimum absolute atomic E-state index is 0.458. The summed E-state index contributed by atoms with van der Waals surface area (Å²) in [6, 6.07) is 0. The maximum absolute atomic E-state index is 9.23. The zero-order valence-corrected chi connectivity index (χ0v) is 6.29. The summed E-state index contributed by atoms with van der Waals surface area (Å²) in [6.45, 7) is 0. The molecule has 0 aromatic rings. The van der Waals surface area contributed by atoms with Gasteiger partial charge in [0.2, 0.25) is 0 Å². The van der Waals surface area contributed by atoms with E-state index < -0.39 is 12.2 Å². The highest BCUT2D eigenvalue weighted by Gasteiger charge is 2.16. The van der Waals surface area contributed by atoms with Crippen LogP contribution in [0.15, 0.2) is 0 Å². The molecule has 1 fully saturated rings. The van der Waals surface area contributed by atoms with Crippen molar-refractivity contribution in [2.45, 2.75) is 50.7 Å². The zero-order chi connectivity index (χ0) is 7.40. The molecule has 1 saturated carbocycles. The van der Waals surface area contributed by atoms with Crippen LogP contribution in [0, 0.1) is 0 Å². The van der Waals surface area contributed by atoms with Crippen molar-refractivity contribution in [3.8, 4) is 0 Å². The number of hydrogen-bond acceptors (Lipinski definition) is 2. The molecule has 0 heterocycles. The molecule has 0 aromatic carbocycles. The van der Waals surface area contributed by atoms with Crippen LogP contribution in [0.5, 0.6) is 0 Å². The number of rotatable bonds is 0. The van der Waals surface area contributed by atoms with Crippen LogP contribution < -0.4 is 0 Å². The second-order valence-corrected chi connectivity index (χ2v) is 3.13. The first-order chi connectivity index (χ1) is 4.80. The van der Waals surface area contributed by atoms with Crippen LogP contribution in [0.25, 0.3) is 0 Å². The third-order valence-electron chi connectivity index (χ3n) is 2.19. The lowest BCUT2D eigenvalue weighted by Gasteiger charge is -2.19. The lowest BCUT2D eigenvalue weighted by molar-refractivity contribution is 0.00303. The van der Waals surface area contributed by atoms with E-state index in [9.17, 15) is 10.2 Å². The minimum atomic E-state index is -0.458. The molecule has 0 radical (unpaired) electrons. The van der Waals surface area contributed by atoms with Gasteiger partial charge in [0.1, 0.15) is 0 Å². The lowest BCUT2D eigenvalue weighted by atomic mass is 9.98. The molecule has 1 aliphatic rings. The summed E-state index contributed by atoms with van der Waals surface area (Å²) < 4.78 is 0. The molecule has 1 aliphatic carbocycles. The summed E-state index contributed by atoms with van der Waals surface area (Å²) in [5.41, 5.74) is 0. The Bertz CT molecular complexity index is 81.3. The van der Waals surface area contributed by atoms with Crippen molar-refractivity contribution in [2.75, 3.05) is 0 Å². The van der Waals surface area contributed by atoms with Crippen molar-refractivity contribution >= 4 is 0 Å². The Morgan fingerprint density at radius 1 is 0.700 bits per heavy atom. The van der Waals surface area contributed by atoms with Crippen molar-refractivity contribution in [3.05, 3.63) is 0 Å². The molecule has 0 saturated heterocycles. The Morgan fingerprint density at radius 2 is 1.10 bits per heavy atom. The third kappa shape index (κ3) is 2.27. The van der Waals surface area contributed by atoms with Crippen LogP contribution in [-0.2, 0) is 0 Å². The van der Waals surface area contributed by atoms with Gasteiger partial charge in [0.15, 0.2) is 0 Å². The SMILES string of the molecule is [18OH]C1CCCCCCC1[18OH]. The minimum Gasteiger partial charge on any atom is -0.390 e. The smallest absolute Gasteiger partial charge is 0.0799 e. The van der Waals surface area contributed by atoms with Crippen LogP contribution in [-0.4, -0.2) is 22.4 Å². The first kappa shape index (κ1) is 8.02. The van der Waals surface area contributed by atoms with Gasteiger partial charge in [-0.1, -0.05) is 25.7 Å². The first-order valence-electron chi connectivity index (χ1n) is 4.17. The van der Waals surface area contributed by atoms with Gasteiger partial charge in [-0.25, -0.2) is 0 Å². The third-order valence-corrected chi connectivity index (χ3v) is 2.19. The highest BCUT2D eigenvalue weighted by molar-refractivity contribution is 4.69. The van der Waals surface area contributed by atoms with Crippen molar-refractivity contribution < 1.29 is 10.2 Å². The van der Waals surface area contributed by atoms with E-state index in [-0.39, 0.29) is 0 Å². The quantitative estimate of drug-likeness (QED) is 0.504. The number of hydrogen-bond donors (Lipinski definition) is 2. The van der Waals surface area contributed by atoms with Gasteiger partial charge in [0.25, 0.3) is 0 Å². The second-order valence-electron chi connectivity index (χ2n) is 3.13. The van der Waals surface area contributed by atoms with E-state index in [2.05, 4.69) is 0 Å². The molecule has 60 valence electrons. The average Bonchev–Trinajstić information content (AvgIpc) is 1.92. The lowest BCUT2D eigenvalue weighted by Crippen LogP contribution is -2.26. The normalized spacial score (nSPS) is 36.6. The van der Waals surface area contributed by atoms with Gasteiger partial charge in [-0.05, 0) is 12.8 Å². The summed E-state index contributed by atoms with van der Waals surface area (Å²) in [6.07, 6.45) is 5.20. The van der Waals surface area contributed by atoms with Crippen LogP contribution >= 0.6 is 0 Å². The van der Waals surface area contributed by atoms with Crippen LogP contribution in [0.3, 0.4) is 0 Å². The molecule has 0 aliphatic heterocycles. The van der Waals surface area contributed by atoms with E-state index in [1.54, 1.807) is 0 Å². The van der Waals surface area contributed by atoms with E-state index in [0.717, 1.165) is 25.7 Å². The molecule has 2 atom stereocenters. The fourth-order valence-electron chi connectivity index (χ4n) is 1.45. The van der Waals surface area contributed by atoms with Gasteiger partial charge < -0.3 is 10.2 Å². The first-order valence-corrected chi connectivity index (χ1v) is 4.17. The standard InChI is InChI=1S/C8H16O2/c9-7-5-3-1-2-4-6-8(7)10/h7-10H,1-6H2/i9+2,10+2. The van der Waals surface area contributed by atoms with E-state index in [1.165, 1.54) is 12.8 Å². The highest BCUT2D eigenvalue weighted by Crippen LogP contribution is 2.17. The summed E-state index contributed by atoms with van der Waals surface area (Å²) in [7, 11) is 0. The molecule has 0 amide bonds. The van der Waals surface area contributed by atoms with Gasteiger partial charge >= 0.3 is 0 Å². The highest BCUT2D eigenvalue weighted by atomic mass is 18.2. The monoisotopic (exact) mass is 148 g/mol. The van der Waals surface area contributed by atoms with Crippen LogP contribution in [0.1, 0.15) is 38.5 Å². The Balaban J connectivity index is 2.28. The molecule has 2 nitrogen and oxygen atoms in total. The Labute approximate surface area is 61.9 Å². The molecule has 0 aromatic heterocycles. The summed E-state index contributed by atoms with van der Waals surface area (Å²) in [5, 5.41) is 18.5. The maximum atomic E-state index is 9.23. The predicted molar refractivity (Wildman–Crippen MR) is 39.7 cm³/mol. The Morgan fingerprint density at radius 3 is 1.50 bits per heavy atom. The van der Waals surface area contributed by atoms with Gasteiger partial charge in [-0.2, -0.15) is 0 Å². The van der Waals surface area contributed by atoms with Crippen molar-refractivity contribution in [2.24, 2.45) is 0 Å². The maximum Gasteiger partial charge on any atom is 0.0799 e. The van der Waals surface area contributed by atoms with Crippen LogP contribution in [0.4, 0.5) is 0 Å². The fourth-order valence-corrected chi connectivity index (χ4v) is 1.45. The van der Waals surface area contributed by atoms with Gasteiger partial charge in [-0.3, -0.25) is 0 Å². The topological polar surface area (TPSA) is 40.5 Å². The fraction of sp³-hybridized carbons (Fsp3) is 1.00. The van der Waals surface area contributed by atoms with E-state index in [4.69, 9.17) is 0 Å². The van der Waals surface area contributed by atoms with E-state index in [0.29, 0.717) is 0 Å². The molecular formula is C8H16O2. The molecule has 2 unspecified atom stereocenters. The van der Waals surface area contributed by atoms with Crippen LogP contribution in [0.2, 0.25) is 0 Å². The molecule has 2 N–H and O–H groups in total. The van der Waals surface area contributed by atoms with Gasteiger partial charge in [-0.15, -0.1) is 0 Å². The average molecular weight is 148 g/mol. The molecule has 10 heavy (non-hydrogen) atoms. The second kappa shape index (κ2) is 3.94. The molecular weight excluding hydrogens is 132 g/mol. The Kier molecular flexibility index (Phi) is 3.16. The number of aliphatic hydroxyl groups excluding tert-OH is 2. The summed E-state index contributed by atoms with van der Waals surface area (Å²) >= 11 is 0.